The predicted octanol–water partition coefficient (Wildman–Crippen LogP) is 0.894. The maximum atomic E-state index is 5.54. The lowest BCUT2D eigenvalue weighted by Crippen LogP contribution is -2.23. The van der Waals surface area contributed by atoms with E-state index in [0.717, 1.165) is 31.1 Å². The average molecular weight is 235 g/mol. The summed E-state index contributed by atoms with van der Waals surface area (Å²) >= 11 is 0. The van der Waals surface area contributed by atoms with Gasteiger partial charge in [0, 0.05) is 25.4 Å². The summed E-state index contributed by atoms with van der Waals surface area (Å²) in [5.74, 6) is 1.40. The van der Waals surface area contributed by atoms with E-state index in [9.17, 15) is 0 Å². The van der Waals surface area contributed by atoms with Crippen molar-refractivity contribution in [1.29, 1.82) is 0 Å². The minimum atomic E-state index is 0.555. The summed E-state index contributed by atoms with van der Waals surface area (Å²) in [4.78, 5) is 2.16. The first kappa shape index (κ1) is 11.7. The van der Waals surface area contributed by atoms with Crippen LogP contribution in [0.15, 0.2) is 22.9 Å². The molecule has 0 spiro atoms. The van der Waals surface area contributed by atoms with E-state index < -0.39 is 0 Å². The Kier molecular flexibility index (Phi) is 3.43. The van der Waals surface area contributed by atoms with E-state index in [1.54, 1.807) is 6.07 Å². The third-order valence-electron chi connectivity index (χ3n) is 2.48. The van der Waals surface area contributed by atoms with Crippen LogP contribution in [0.2, 0.25) is 0 Å². The summed E-state index contributed by atoms with van der Waals surface area (Å²) in [5.41, 5.74) is 6.49. The minimum absolute atomic E-state index is 0.555. The number of rotatable bonds is 5. The zero-order chi connectivity index (χ0) is 12.3. The molecule has 0 saturated carbocycles. The standard InChI is InChI=1S/C11H17N5O/c1-9-7-10(14-17-9)8-15(2)5-6-16-4-3-11(12)13-16/h3-4,7H,5-6,8H2,1-2H3,(H2,12,13). The van der Waals surface area contributed by atoms with Gasteiger partial charge < -0.3 is 10.3 Å². The topological polar surface area (TPSA) is 73.1 Å². The number of anilines is 1. The highest BCUT2D eigenvalue weighted by Crippen LogP contribution is 2.04. The van der Waals surface area contributed by atoms with Crippen LogP contribution in [-0.2, 0) is 13.1 Å². The summed E-state index contributed by atoms with van der Waals surface area (Å²) in [6, 6.07) is 3.74. The van der Waals surface area contributed by atoms with Crippen molar-refractivity contribution in [3.8, 4) is 0 Å². The van der Waals surface area contributed by atoms with E-state index in [-0.39, 0.29) is 0 Å². The Morgan fingerprint density at radius 2 is 2.35 bits per heavy atom. The van der Waals surface area contributed by atoms with Crippen LogP contribution >= 0.6 is 0 Å². The van der Waals surface area contributed by atoms with Gasteiger partial charge in [0.05, 0.1) is 12.2 Å². The van der Waals surface area contributed by atoms with E-state index in [0.29, 0.717) is 5.82 Å². The fraction of sp³-hybridized carbons (Fsp3) is 0.455. The Labute approximate surface area is 100.0 Å². The summed E-state index contributed by atoms with van der Waals surface area (Å²) in [7, 11) is 2.04. The zero-order valence-corrected chi connectivity index (χ0v) is 10.1. The predicted molar refractivity (Wildman–Crippen MR) is 64.2 cm³/mol. The van der Waals surface area contributed by atoms with Gasteiger partial charge in [-0.05, 0) is 20.0 Å². The third kappa shape index (κ3) is 3.32. The number of hydrogen-bond donors (Lipinski definition) is 1. The summed E-state index contributed by atoms with van der Waals surface area (Å²) in [6.45, 7) is 4.36. The highest BCUT2D eigenvalue weighted by Gasteiger charge is 2.05. The molecule has 17 heavy (non-hydrogen) atoms. The molecule has 0 aliphatic heterocycles. The van der Waals surface area contributed by atoms with Crippen molar-refractivity contribution in [2.75, 3.05) is 19.3 Å². The first-order valence-corrected chi connectivity index (χ1v) is 5.53. The van der Waals surface area contributed by atoms with Crippen LogP contribution in [0.1, 0.15) is 11.5 Å². The molecule has 0 radical (unpaired) electrons. The Balaban J connectivity index is 1.79. The smallest absolute Gasteiger partial charge is 0.145 e. The Morgan fingerprint density at radius 3 is 2.94 bits per heavy atom. The van der Waals surface area contributed by atoms with Crippen molar-refractivity contribution in [1.82, 2.24) is 19.8 Å². The number of hydrogen-bond acceptors (Lipinski definition) is 5. The van der Waals surface area contributed by atoms with Crippen LogP contribution in [0.3, 0.4) is 0 Å². The number of aromatic nitrogens is 3. The molecule has 2 heterocycles. The van der Waals surface area contributed by atoms with E-state index in [4.69, 9.17) is 10.3 Å². The fourth-order valence-electron chi connectivity index (χ4n) is 1.62. The highest BCUT2D eigenvalue weighted by atomic mass is 16.5. The lowest BCUT2D eigenvalue weighted by molar-refractivity contribution is 0.292. The number of nitrogens with zero attached hydrogens (tertiary/aromatic N) is 4. The average Bonchev–Trinajstić information content (AvgIpc) is 2.85. The maximum absolute atomic E-state index is 5.54. The quantitative estimate of drug-likeness (QED) is 0.833. The van der Waals surface area contributed by atoms with Crippen LogP contribution in [0, 0.1) is 6.92 Å². The number of likely N-dealkylation sites (N-methyl/N-ethyl adjacent to an activating group) is 1. The van der Waals surface area contributed by atoms with E-state index >= 15 is 0 Å². The molecule has 2 aromatic rings. The van der Waals surface area contributed by atoms with E-state index in [2.05, 4.69) is 15.2 Å². The Hall–Kier alpha value is -1.82. The van der Waals surface area contributed by atoms with Crippen molar-refractivity contribution < 1.29 is 4.52 Å². The van der Waals surface area contributed by atoms with Gasteiger partial charge in [0.25, 0.3) is 0 Å². The van der Waals surface area contributed by atoms with E-state index in [1.165, 1.54) is 0 Å². The molecule has 2 rings (SSSR count). The van der Waals surface area contributed by atoms with Crippen LogP contribution < -0.4 is 5.73 Å². The van der Waals surface area contributed by atoms with E-state index in [1.807, 2.05) is 30.9 Å². The molecule has 92 valence electrons. The Bertz CT molecular complexity index is 476. The number of aryl methyl sites for hydroxylation is 1. The first-order valence-electron chi connectivity index (χ1n) is 5.53. The summed E-state index contributed by atoms with van der Waals surface area (Å²) in [6.07, 6.45) is 1.88. The Morgan fingerprint density at radius 1 is 1.53 bits per heavy atom. The molecule has 0 amide bonds. The monoisotopic (exact) mass is 235 g/mol. The molecule has 0 bridgehead atoms. The SMILES string of the molecule is Cc1cc(CN(C)CCn2ccc(N)n2)no1. The third-order valence-corrected chi connectivity index (χ3v) is 2.48. The maximum Gasteiger partial charge on any atom is 0.145 e. The molecular formula is C11H17N5O. The second-order valence-corrected chi connectivity index (χ2v) is 4.17. The molecule has 2 N–H and O–H groups in total. The number of nitrogen functional groups attached to an aromatic ring is 1. The highest BCUT2D eigenvalue weighted by molar-refractivity contribution is 5.23. The normalized spacial score (nSPS) is 11.2. The van der Waals surface area contributed by atoms with Crippen LogP contribution in [0.4, 0.5) is 5.82 Å². The molecule has 6 heteroatoms. The van der Waals surface area contributed by atoms with Crippen LogP contribution in [0.25, 0.3) is 0 Å². The first-order chi connectivity index (χ1) is 8.13. The summed E-state index contributed by atoms with van der Waals surface area (Å²) in [5, 5.41) is 8.08. The van der Waals surface area contributed by atoms with Crippen molar-refractivity contribution in [2.24, 2.45) is 0 Å². The van der Waals surface area contributed by atoms with Gasteiger partial charge in [0.15, 0.2) is 0 Å². The van der Waals surface area contributed by atoms with Crippen LogP contribution in [0.5, 0.6) is 0 Å². The van der Waals surface area contributed by atoms with Gasteiger partial charge in [0.2, 0.25) is 0 Å². The second-order valence-electron chi connectivity index (χ2n) is 4.17. The lowest BCUT2D eigenvalue weighted by atomic mass is 10.3. The summed E-state index contributed by atoms with van der Waals surface area (Å²) < 4.78 is 6.85. The van der Waals surface area contributed by atoms with Gasteiger partial charge in [-0.1, -0.05) is 5.16 Å². The van der Waals surface area contributed by atoms with Crippen LogP contribution in [-0.4, -0.2) is 33.4 Å². The molecule has 2 aromatic heterocycles. The van der Waals surface area contributed by atoms with Crippen molar-refractivity contribution >= 4 is 5.82 Å². The van der Waals surface area contributed by atoms with Gasteiger partial charge in [-0.3, -0.25) is 9.58 Å². The van der Waals surface area contributed by atoms with Gasteiger partial charge >= 0.3 is 0 Å². The van der Waals surface area contributed by atoms with Gasteiger partial charge in [-0.25, -0.2) is 0 Å². The van der Waals surface area contributed by atoms with Gasteiger partial charge in [-0.2, -0.15) is 5.10 Å². The lowest BCUT2D eigenvalue weighted by Gasteiger charge is -2.14. The molecular weight excluding hydrogens is 218 g/mol. The molecule has 0 aliphatic carbocycles. The van der Waals surface area contributed by atoms with Gasteiger partial charge in [-0.15, -0.1) is 0 Å². The fourth-order valence-corrected chi connectivity index (χ4v) is 1.62. The molecule has 0 fully saturated rings. The molecule has 0 saturated heterocycles. The van der Waals surface area contributed by atoms with Crippen molar-refractivity contribution in [2.45, 2.75) is 20.0 Å². The number of nitrogens with two attached hydrogens (primary N) is 1. The minimum Gasteiger partial charge on any atom is -0.382 e. The van der Waals surface area contributed by atoms with Crippen molar-refractivity contribution in [3.05, 3.63) is 29.8 Å². The molecule has 0 aliphatic rings. The largest absolute Gasteiger partial charge is 0.382 e. The second kappa shape index (κ2) is 5.01. The zero-order valence-electron chi connectivity index (χ0n) is 10.1. The molecule has 0 unspecified atom stereocenters. The molecule has 0 atom stereocenters. The molecule has 6 nitrogen and oxygen atoms in total. The molecule has 0 aromatic carbocycles. The van der Waals surface area contributed by atoms with Crippen molar-refractivity contribution in [3.63, 3.8) is 0 Å². The van der Waals surface area contributed by atoms with Gasteiger partial charge in [0.1, 0.15) is 11.6 Å².